The number of carbonyl (C=O) groups is 1. The summed E-state index contributed by atoms with van der Waals surface area (Å²) in [5, 5.41) is 7.59. The number of rotatable bonds is 6. The van der Waals surface area contributed by atoms with Crippen molar-refractivity contribution >= 4 is 26.8 Å². The second-order valence-electron chi connectivity index (χ2n) is 8.50. The lowest BCUT2D eigenvalue weighted by Gasteiger charge is -2.18. The Balaban J connectivity index is 2.08. The Labute approximate surface area is 154 Å². The van der Waals surface area contributed by atoms with E-state index in [1.54, 1.807) is 6.07 Å². The van der Waals surface area contributed by atoms with Crippen LogP contribution in [0.15, 0.2) is 23.1 Å². The van der Waals surface area contributed by atoms with Gasteiger partial charge in [-0.05, 0) is 49.3 Å². The molecule has 3 rings (SSSR count). The van der Waals surface area contributed by atoms with Crippen LogP contribution in [0.5, 0.6) is 0 Å². The maximum absolute atomic E-state index is 12.5. The van der Waals surface area contributed by atoms with E-state index in [1.807, 2.05) is 0 Å². The topological polar surface area (TPSA) is 89.3 Å². The summed E-state index contributed by atoms with van der Waals surface area (Å²) in [6, 6.07) is 4.78. The van der Waals surface area contributed by atoms with E-state index in [9.17, 15) is 13.2 Å². The molecule has 0 saturated heterocycles. The second kappa shape index (κ2) is 6.37. The van der Waals surface area contributed by atoms with Gasteiger partial charge in [-0.1, -0.05) is 20.8 Å². The zero-order valence-electron chi connectivity index (χ0n) is 15.7. The van der Waals surface area contributed by atoms with E-state index in [0.29, 0.717) is 11.4 Å². The number of fused-ring (bicyclic) bond motifs is 1. The van der Waals surface area contributed by atoms with Gasteiger partial charge in [-0.2, -0.15) is 0 Å². The molecule has 0 radical (unpaired) electrons. The summed E-state index contributed by atoms with van der Waals surface area (Å²) in [7, 11) is -3.93. The fourth-order valence-electron chi connectivity index (χ4n) is 3.04. The number of imidazole rings is 1. The van der Waals surface area contributed by atoms with Gasteiger partial charge in [0.05, 0.1) is 15.9 Å². The summed E-state index contributed by atoms with van der Waals surface area (Å²) >= 11 is 0. The molecule has 0 bridgehead atoms. The molecule has 142 valence electrons. The fraction of sp³-hybridized carbons (Fsp3) is 0.579. The smallest absolute Gasteiger partial charge is 0.321 e. The fourth-order valence-corrected chi connectivity index (χ4v) is 4.25. The largest absolute Gasteiger partial charge is 0.480 e. The monoisotopic (exact) mass is 378 g/mol. The molecule has 6 nitrogen and oxygen atoms in total. The van der Waals surface area contributed by atoms with Crippen molar-refractivity contribution in [3.8, 4) is 0 Å². The predicted octanol–water partition coefficient (Wildman–Crippen LogP) is 3.28. The van der Waals surface area contributed by atoms with Gasteiger partial charge < -0.3 is 9.67 Å². The van der Waals surface area contributed by atoms with Gasteiger partial charge in [-0.3, -0.25) is 4.79 Å². The number of aliphatic carboxylic acids is 1. The third kappa shape index (κ3) is 3.77. The van der Waals surface area contributed by atoms with Crippen molar-refractivity contribution in [3.63, 3.8) is 0 Å². The van der Waals surface area contributed by atoms with Crippen LogP contribution in [0.1, 0.15) is 46.4 Å². The summed E-state index contributed by atoms with van der Waals surface area (Å²) < 4.78 is 27.2. The van der Waals surface area contributed by atoms with Crippen molar-refractivity contribution in [2.24, 2.45) is 11.3 Å². The first-order valence-corrected chi connectivity index (χ1v) is 10.5. The van der Waals surface area contributed by atoms with E-state index in [4.69, 9.17) is 10.1 Å². The first kappa shape index (κ1) is 18.9. The lowest BCUT2D eigenvalue weighted by molar-refractivity contribution is -0.136. The van der Waals surface area contributed by atoms with Crippen molar-refractivity contribution in [1.29, 1.82) is 0 Å². The molecule has 1 aliphatic carbocycles. The Morgan fingerprint density at radius 2 is 2.00 bits per heavy atom. The summed E-state index contributed by atoms with van der Waals surface area (Å²) in [4.78, 5) is 15.8. The molecule has 2 aromatic rings. The second-order valence-corrected chi connectivity index (χ2v) is 10.8. The highest BCUT2D eigenvalue weighted by atomic mass is 32.2. The minimum absolute atomic E-state index is 0.0123. The SMILES string of the molecule is CC(C(=O)O)S(=O)(=O)c1ccc2c(c1)nc(CC(C)(C)C)n2CC1CC1. The molecule has 1 heterocycles. The highest BCUT2D eigenvalue weighted by Gasteiger charge is 2.31. The highest BCUT2D eigenvalue weighted by molar-refractivity contribution is 7.92. The lowest BCUT2D eigenvalue weighted by atomic mass is 9.92. The van der Waals surface area contributed by atoms with Crippen LogP contribution in [-0.2, 0) is 27.6 Å². The normalized spacial score (nSPS) is 16.8. The summed E-state index contributed by atoms with van der Waals surface area (Å²) in [5.41, 5.74) is 1.59. The van der Waals surface area contributed by atoms with E-state index in [-0.39, 0.29) is 10.3 Å². The van der Waals surface area contributed by atoms with E-state index < -0.39 is 21.1 Å². The van der Waals surface area contributed by atoms with E-state index in [0.717, 1.165) is 24.3 Å². The standard InChI is InChI=1S/C19H26N2O4S/c1-12(18(22)23)26(24,25)14-7-8-16-15(9-14)20-17(10-19(2,3)4)21(16)11-13-5-6-13/h7-9,12-13H,5-6,10-11H2,1-4H3,(H,22,23). The Morgan fingerprint density at radius 1 is 1.35 bits per heavy atom. The van der Waals surface area contributed by atoms with Crippen LogP contribution >= 0.6 is 0 Å². The number of hydrogen-bond acceptors (Lipinski definition) is 4. The molecule has 1 atom stereocenters. The molecule has 7 heteroatoms. The van der Waals surface area contributed by atoms with Gasteiger partial charge in [0.1, 0.15) is 5.82 Å². The first-order chi connectivity index (χ1) is 12.0. The lowest BCUT2D eigenvalue weighted by Crippen LogP contribution is -2.26. The van der Waals surface area contributed by atoms with E-state index in [1.165, 1.54) is 31.9 Å². The molecule has 1 aliphatic rings. The predicted molar refractivity (Wildman–Crippen MR) is 99.9 cm³/mol. The van der Waals surface area contributed by atoms with E-state index >= 15 is 0 Å². The van der Waals surface area contributed by atoms with Gasteiger partial charge in [0.15, 0.2) is 15.1 Å². The number of carboxylic acid groups (broad SMARTS) is 1. The zero-order valence-corrected chi connectivity index (χ0v) is 16.5. The maximum Gasteiger partial charge on any atom is 0.321 e. The molecule has 0 amide bonds. The number of carboxylic acids is 1. The number of hydrogen-bond donors (Lipinski definition) is 1. The molecule has 1 fully saturated rings. The maximum atomic E-state index is 12.5. The molecule has 0 spiro atoms. The van der Waals surface area contributed by atoms with Gasteiger partial charge in [0.2, 0.25) is 0 Å². The Kier molecular flexibility index (Phi) is 4.63. The van der Waals surface area contributed by atoms with Crippen molar-refractivity contribution in [3.05, 3.63) is 24.0 Å². The van der Waals surface area contributed by atoms with Crippen molar-refractivity contribution in [1.82, 2.24) is 9.55 Å². The van der Waals surface area contributed by atoms with Gasteiger partial charge >= 0.3 is 5.97 Å². The molecule has 26 heavy (non-hydrogen) atoms. The third-order valence-electron chi connectivity index (χ3n) is 4.77. The molecule has 1 aromatic carbocycles. The van der Waals surface area contributed by atoms with Crippen LogP contribution in [0.25, 0.3) is 11.0 Å². The van der Waals surface area contributed by atoms with Crippen molar-refractivity contribution in [2.45, 2.75) is 63.6 Å². The zero-order chi connectivity index (χ0) is 19.3. The molecule has 1 saturated carbocycles. The van der Waals surface area contributed by atoms with Crippen molar-refractivity contribution in [2.75, 3.05) is 0 Å². The summed E-state index contributed by atoms with van der Waals surface area (Å²) in [6.45, 7) is 8.55. The minimum Gasteiger partial charge on any atom is -0.480 e. The van der Waals surface area contributed by atoms with Gasteiger partial charge in [-0.15, -0.1) is 0 Å². The van der Waals surface area contributed by atoms with Gasteiger partial charge in [0.25, 0.3) is 0 Å². The molecule has 1 aromatic heterocycles. The van der Waals surface area contributed by atoms with Gasteiger partial charge in [-0.25, -0.2) is 13.4 Å². The first-order valence-electron chi connectivity index (χ1n) is 8.95. The van der Waals surface area contributed by atoms with Gasteiger partial charge in [0, 0.05) is 13.0 Å². The molecule has 0 aliphatic heterocycles. The Bertz CT molecular complexity index is 950. The van der Waals surface area contributed by atoms with Crippen LogP contribution < -0.4 is 0 Å². The van der Waals surface area contributed by atoms with Crippen molar-refractivity contribution < 1.29 is 18.3 Å². The number of aromatic nitrogens is 2. The summed E-state index contributed by atoms with van der Waals surface area (Å²) in [5.74, 6) is 0.277. The number of nitrogens with zero attached hydrogens (tertiary/aromatic N) is 2. The average Bonchev–Trinajstić information content (AvgIpc) is 3.28. The summed E-state index contributed by atoms with van der Waals surface area (Å²) in [6.07, 6.45) is 3.23. The van der Waals surface area contributed by atoms with Crippen LogP contribution in [-0.4, -0.2) is 34.3 Å². The molecular weight excluding hydrogens is 352 g/mol. The molecule has 1 unspecified atom stereocenters. The Morgan fingerprint density at radius 3 is 2.54 bits per heavy atom. The molecule has 1 N–H and O–H groups in total. The number of benzene rings is 1. The quantitative estimate of drug-likeness (QED) is 0.833. The van der Waals surface area contributed by atoms with Crippen LogP contribution in [0.4, 0.5) is 0 Å². The molecular formula is C19H26N2O4S. The van der Waals surface area contributed by atoms with Crippen LogP contribution in [0, 0.1) is 11.3 Å². The third-order valence-corrected chi connectivity index (χ3v) is 6.81. The number of sulfone groups is 1. The van der Waals surface area contributed by atoms with Crippen LogP contribution in [0.3, 0.4) is 0 Å². The highest BCUT2D eigenvalue weighted by Crippen LogP contribution is 2.34. The average molecular weight is 378 g/mol. The van der Waals surface area contributed by atoms with E-state index in [2.05, 4.69) is 25.3 Å². The Hall–Kier alpha value is -1.89. The minimum atomic E-state index is -3.93. The van der Waals surface area contributed by atoms with Crippen LogP contribution in [0.2, 0.25) is 0 Å².